The van der Waals surface area contributed by atoms with Crippen LogP contribution >= 0.6 is 0 Å². The normalized spacial score (nSPS) is 18.5. The quantitative estimate of drug-likeness (QED) is 0.629. The molecule has 0 aliphatic carbocycles. The van der Waals surface area contributed by atoms with E-state index in [0.29, 0.717) is 22.4 Å². The van der Waals surface area contributed by atoms with Gasteiger partial charge in [-0.25, -0.2) is 18.5 Å². The van der Waals surface area contributed by atoms with Gasteiger partial charge < -0.3 is 4.90 Å². The van der Waals surface area contributed by atoms with Gasteiger partial charge in [-0.3, -0.25) is 9.89 Å². The number of rotatable bonds is 3. The number of carbonyl (C=O) groups is 2. The minimum atomic E-state index is -1.30. The molecule has 2 heterocycles. The molecule has 1 aliphatic heterocycles. The summed E-state index contributed by atoms with van der Waals surface area (Å²) in [4.78, 5) is 28.2. The fraction of sp³-hybridized carbons (Fsp3) is 0.208. The van der Waals surface area contributed by atoms with Gasteiger partial charge >= 0.3 is 6.03 Å². The molecule has 2 aromatic carbocycles. The molecule has 3 amide bonds. The first-order valence-corrected chi connectivity index (χ1v) is 10.0. The van der Waals surface area contributed by atoms with Gasteiger partial charge in [-0.15, -0.1) is 0 Å². The van der Waals surface area contributed by atoms with E-state index in [1.807, 2.05) is 13.0 Å². The number of amides is 3. The van der Waals surface area contributed by atoms with E-state index in [0.717, 1.165) is 0 Å². The van der Waals surface area contributed by atoms with Crippen molar-refractivity contribution in [2.75, 3.05) is 11.9 Å². The summed E-state index contributed by atoms with van der Waals surface area (Å²) in [7, 11) is 1.53. The van der Waals surface area contributed by atoms with Crippen molar-refractivity contribution >= 4 is 17.6 Å². The Labute approximate surface area is 183 Å². The SMILES string of the molecule is CC[C@@]1(c2cn[nH]c2)CC(=O)N(c2ccc(C#Cc3ccccc3)c(F)c2F)C(=O)N1C. The predicted molar refractivity (Wildman–Crippen MR) is 115 cm³/mol. The molecule has 8 heteroatoms. The van der Waals surface area contributed by atoms with E-state index in [1.165, 1.54) is 24.1 Å². The number of urea groups is 1. The van der Waals surface area contributed by atoms with Crippen LogP contribution in [-0.2, 0) is 10.3 Å². The zero-order valence-corrected chi connectivity index (χ0v) is 17.5. The van der Waals surface area contributed by atoms with Crippen LogP contribution in [0.1, 0.15) is 36.5 Å². The van der Waals surface area contributed by atoms with Gasteiger partial charge in [0.1, 0.15) is 0 Å². The number of halogens is 2. The van der Waals surface area contributed by atoms with Crippen molar-refractivity contribution in [3.05, 3.63) is 83.2 Å². The summed E-state index contributed by atoms with van der Waals surface area (Å²) in [5.74, 6) is 2.23. The third kappa shape index (κ3) is 3.42. The number of nitrogens with zero attached hydrogens (tertiary/aromatic N) is 3. The molecular formula is C24H20F2N4O2. The predicted octanol–water partition coefficient (Wildman–Crippen LogP) is 4.18. The molecule has 0 radical (unpaired) electrons. The molecule has 4 rings (SSSR count). The molecule has 32 heavy (non-hydrogen) atoms. The highest BCUT2D eigenvalue weighted by Crippen LogP contribution is 2.40. The Morgan fingerprint density at radius 1 is 1.09 bits per heavy atom. The van der Waals surface area contributed by atoms with E-state index in [1.54, 1.807) is 36.7 Å². The van der Waals surface area contributed by atoms with Gasteiger partial charge in [0.25, 0.3) is 0 Å². The molecule has 0 saturated carbocycles. The van der Waals surface area contributed by atoms with Crippen LogP contribution in [0.4, 0.5) is 19.3 Å². The number of carbonyl (C=O) groups excluding carboxylic acids is 2. The molecule has 1 atom stereocenters. The van der Waals surface area contributed by atoms with Crippen LogP contribution in [0.3, 0.4) is 0 Å². The van der Waals surface area contributed by atoms with Gasteiger partial charge in [0.15, 0.2) is 11.6 Å². The topological polar surface area (TPSA) is 69.3 Å². The smallest absolute Gasteiger partial charge is 0.317 e. The summed E-state index contributed by atoms with van der Waals surface area (Å²) in [5, 5.41) is 6.61. The minimum absolute atomic E-state index is 0.0953. The van der Waals surface area contributed by atoms with Gasteiger partial charge in [-0.1, -0.05) is 37.0 Å². The molecule has 1 saturated heterocycles. The number of aromatic amines is 1. The van der Waals surface area contributed by atoms with Gasteiger partial charge in [-0.05, 0) is 30.7 Å². The summed E-state index contributed by atoms with van der Waals surface area (Å²) in [5.41, 5.74) is -0.210. The summed E-state index contributed by atoms with van der Waals surface area (Å²) >= 11 is 0. The number of hydrogen-bond acceptors (Lipinski definition) is 3. The standard InChI is InChI=1S/C24H20F2N4O2/c1-3-24(18-14-27-28-15-18)13-20(31)30(23(32)29(24)2)19-12-11-17(21(25)22(19)26)10-9-16-7-5-4-6-8-16/h4-8,11-12,14-15H,3,13H2,1-2H3,(H,27,28)/t24-/m0/s1. The van der Waals surface area contributed by atoms with E-state index in [4.69, 9.17) is 0 Å². The van der Waals surface area contributed by atoms with Crippen molar-refractivity contribution in [3.63, 3.8) is 0 Å². The summed E-state index contributed by atoms with van der Waals surface area (Å²) in [6, 6.07) is 10.6. The molecular weight excluding hydrogens is 414 g/mol. The third-order valence-corrected chi connectivity index (χ3v) is 5.85. The fourth-order valence-corrected chi connectivity index (χ4v) is 3.96. The lowest BCUT2D eigenvalue weighted by molar-refractivity contribution is -0.122. The highest BCUT2D eigenvalue weighted by atomic mass is 19.2. The van der Waals surface area contributed by atoms with Crippen molar-refractivity contribution in [3.8, 4) is 11.8 Å². The van der Waals surface area contributed by atoms with Crippen molar-refractivity contribution in [2.45, 2.75) is 25.3 Å². The van der Waals surface area contributed by atoms with E-state index >= 15 is 0 Å². The number of aromatic nitrogens is 2. The van der Waals surface area contributed by atoms with Crippen molar-refractivity contribution in [1.82, 2.24) is 15.1 Å². The monoisotopic (exact) mass is 434 g/mol. The highest BCUT2D eigenvalue weighted by Gasteiger charge is 2.49. The van der Waals surface area contributed by atoms with E-state index < -0.39 is 34.8 Å². The zero-order chi connectivity index (χ0) is 22.9. The number of H-pyrrole nitrogens is 1. The van der Waals surface area contributed by atoms with E-state index in [9.17, 15) is 18.4 Å². The molecule has 3 aromatic rings. The van der Waals surface area contributed by atoms with Gasteiger partial charge in [0, 0.05) is 24.4 Å². The third-order valence-electron chi connectivity index (χ3n) is 5.85. The lowest BCUT2D eigenvalue weighted by atomic mass is 9.82. The molecule has 162 valence electrons. The Bertz CT molecular complexity index is 1230. The molecule has 0 spiro atoms. The van der Waals surface area contributed by atoms with Crippen LogP contribution in [0, 0.1) is 23.5 Å². The number of anilines is 1. The maximum Gasteiger partial charge on any atom is 0.331 e. The lowest BCUT2D eigenvalue weighted by Crippen LogP contribution is -2.61. The molecule has 0 bridgehead atoms. The maximum absolute atomic E-state index is 15.0. The molecule has 1 aliphatic rings. The number of imide groups is 1. The second kappa shape index (κ2) is 8.27. The van der Waals surface area contributed by atoms with Crippen LogP contribution in [0.25, 0.3) is 0 Å². The summed E-state index contributed by atoms with van der Waals surface area (Å²) in [6.45, 7) is 1.85. The molecule has 1 N–H and O–H groups in total. The summed E-state index contributed by atoms with van der Waals surface area (Å²) < 4.78 is 29.7. The number of hydrogen-bond donors (Lipinski definition) is 1. The number of nitrogens with one attached hydrogen (secondary N) is 1. The average Bonchev–Trinajstić information content (AvgIpc) is 3.35. The van der Waals surface area contributed by atoms with E-state index in [-0.39, 0.29) is 12.0 Å². The molecule has 6 nitrogen and oxygen atoms in total. The maximum atomic E-state index is 15.0. The number of benzene rings is 2. The van der Waals surface area contributed by atoms with Crippen molar-refractivity contribution in [1.29, 1.82) is 0 Å². The Morgan fingerprint density at radius 2 is 1.84 bits per heavy atom. The van der Waals surface area contributed by atoms with Crippen molar-refractivity contribution < 1.29 is 18.4 Å². The zero-order valence-electron chi connectivity index (χ0n) is 17.5. The molecule has 1 fully saturated rings. The van der Waals surface area contributed by atoms with Gasteiger partial charge in [-0.2, -0.15) is 5.10 Å². The van der Waals surface area contributed by atoms with Crippen LogP contribution < -0.4 is 4.90 Å². The van der Waals surface area contributed by atoms with Gasteiger partial charge in [0.2, 0.25) is 5.91 Å². The second-order valence-corrected chi connectivity index (χ2v) is 7.50. The van der Waals surface area contributed by atoms with Crippen molar-refractivity contribution in [2.24, 2.45) is 0 Å². The van der Waals surface area contributed by atoms with Crippen LogP contribution in [0.15, 0.2) is 54.9 Å². The minimum Gasteiger partial charge on any atom is -0.317 e. The summed E-state index contributed by atoms with van der Waals surface area (Å²) in [6.07, 6.45) is 3.52. The second-order valence-electron chi connectivity index (χ2n) is 7.50. The molecule has 0 unspecified atom stereocenters. The largest absolute Gasteiger partial charge is 0.331 e. The average molecular weight is 434 g/mol. The first kappa shape index (κ1) is 21.2. The molecule has 1 aromatic heterocycles. The van der Waals surface area contributed by atoms with Crippen LogP contribution in [0.5, 0.6) is 0 Å². The van der Waals surface area contributed by atoms with E-state index in [2.05, 4.69) is 22.0 Å². The highest BCUT2D eigenvalue weighted by molar-refractivity contribution is 6.16. The fourth-order valence-electron chi connectivity index (χ4n) is 3.96. The van der Waals surface area contributed by atoms with Crippen LogP contribution in [-0.4, -0.2) is 34.1 Å². The van der Waals surface area contributed by atoms with Crippen LogP contribution in [0.2, 0.25) is 0 Å². The Morgan fingerprint density at radius 3 is 2.50 bits per heavy atom. The Kier molecular flexibility index (Phi) is 5.49. The lowest BCUT2D eigenvalue weighted by Gasteiger charge is -2.46. The first-order chi connectivity index (χ1) is 15.4. The Balaban J connectivity index is 1.69. The van der Waals surface area contributed by atoms with Gasteiger partial charge in [0.05, 0.1) is 29.4 Å². The Hall–Kier alpha value is -3.99. The first-order valence-electron chi connectivity index (χ1n) is 10.0.